The number of aryl methyl sites for hydroxylation is 1. The molecule has 0 spiro atoms. The van der Waals surface area contributed by atoms with Crippen molar-refractivity contribution in [1.29, 1.82) is 0 Å². The number of benzene rings is 3. The highest BCUT2D eigenvalue weighted by Crippen LogP contribution is 2.25. The van der Waals surface area contributed by atoms with Crippen LogP contribution in [0.5, 0.6) is 0 Å². The molecule has 3 aromatic rings. The monoisotopic (exact) mass is 606 g/mol. The Bertz CT molecular complexity index is 1540. The zero-order valence-corrected chi connectivity index (χ0v) is 25.3. The third-order valence-corrected chi connectivity index (χ3v) is 8.81. The van der Waals surface area contributed by atoms with E-state index in [0.29, 0.717) is 0 Å². The van der Waals surface area contributed by atoms with Gasteiger partial charge in [0, 0.05) is 31.1 Å². The molecule has 1 saturated carbocycles. The predicted molar refractivity (Wildman–Crippen MR) is 166 cm³/mol. The molecule has 1 aliphatic rings. The number of hydrogen-bond donors (Lipinski definition) is 1. The molecule has 1 fully saturated rings. The quantitative estimate of drug-likeness (QED) is 0.234. The van der Waals surface area contributed by atoms with Crippen LogP contribution in [0.3, 0.4) is 0 Å². The molecular formula is C32H38N4O6S. The van der Waals surface area contributed by atoms with Gasteiger partial charge >= 0.3 is 0 Å². The third kappa shape index (κ3) is 8.87. The lowest BCUT2D eigenvalue weighted by molar-refractivity contribution is -0.384. The van der Waals surface area contributed by atoms with Crippen molar-refractivity contribution in [2.24, 2.45) is 0 Å². The number of nitrogens with one attached hydrogen (secondary N) is 1. The van der Waals surface area contributed by atoms with Gasteiger partial charge in [-0.3, -0.25) is 24.0 Å². The smallest absolute Gasteiger partial charge is 0.271 e. The standard InChI is InChI=1S/C32H38N4O6S/c1-24-11-9-14-26(19-24)22-34(31(37)23-35(43(2,41)42)28-17-10-18-29(21-28)36(39)40)30(20-25-12-5-3-6-13-25)32(38)33-27-15-7-4-8-16-27/h3,5-6,9-14,17-19,21,27,30H,4,7-8,15-16,20,22-23H2,1-2H3,(H,33,38)/t30-/m1/s1. The molecule has 2 amide bonds. The summed E-state index contributed by atoms with van der Waals surface area (Å²) in [6, 6.07) is 21.2. The van der Waals surface area contributed by atoms with Crippen molar-refractivity contribution in [3.63, 3.8) is 0 Å². The molecule has 1 aliphatic carbocycles. The lowest BCUT2D eigenvalue weighted by Gasteiger charge is -2.35. The van der Waals surface area contributed by atoms with E-state index in [9.17, 15) is 28.1 Å². The number of nitro groups is 1. The maximum Gasteiger partial charge on any atom is 0.271 e. The van der Waals surface area contributed by atoms with Crippen molar-refractivity contribution >= 4 is 33.2 Å². The number of anilines is 1. The molecule has 0 saturated heterocycles. The highest BCUT2D eigenvalue weighted by atomic mass is 32.2. The molecule has 0 aromatic heterocycles. The molecule has 0 heterocycles. The number of nitro benzene ring substituents is 1. The fraction of sp³-hybridized carbons (Fsp3) is 0.375. The zero-order valence-electron chi connectivity index (χ0n) is 24.5. The van der Waals surface area contributed by atoms with Gasteiger partial charge in [0.1, 0.15) is 12.6 Å². The second-order valence-corrected chi connectivity index (χ2v) is 13.0. The minimum atomic E-state index is -4.03. The fourth-order valence-corrected chi connectivity index (χ4v) is 6.32. The van der Waals surface area contributed by atoms with Gasteiger partial charge in [0.25, 0.3) is 5.69 Å². The van der Waals surface area contributed by atoms with Crippen molar-refractivity contribution in [2.75, 3.05) is 17.1 Å². The molecule has 4 rings (SSSR count). The number of rotatable bonds is 12. The Morgan fingerprint density at radius 1 is 0.953 bits per heavy atom. The van der Waals surface area contributed by atoms with Gasteiger partial charge in [-0.2, -0.15) is 0 Å². The molecular weight excluding hydrogens is 568 g/mol. The summed E-state index contributed by atoms with van der Waals surface area (Å²) in [4.78, 5) is 40.4. The fourth-order valence-electron chi connectivity index (χ4n) is 5.48. The Hall–Kier alpha value is -4.25. The Kier molecular flexibility index (Phi) is 10.5. The second-order valence-electron chi connectivity index (χ2n) is 11.1. The van der Waals surface area contributed by atoms with Gasteiger partial charge in [-0.05, 0) is 37.0 Å². The van der Waals surface area contributed by atoms with E-state index in [0.717, 1.165) is 65.4 Å². The summed E-state index contributed by atoms with van der Waals surface area (Å²) >= 11 is 0. The number of carbonyl (C=O) groups is 2. The van der Waals surface area contributed by atoms with Crippen LogP contribution in [0.25, 0.3) is 0 Å². The summed E-state index contributed by atoms with van der Waals surface area (Å²) in [6.45, 7) is 1.37. The number of nitrogens with zero attached hydrogens (tertiary/aromatic N) is 3. The SMILES string of the molecule is Cc1cccc(CN(C(=O)CN(c2cccc([N+](=O)[O-])c2)S(C)(=O)=O)[C@H](Cc2ccccc2)C(=O)NC2CCCCC2)c1. The van der Waals surface area contributed by atoms with Gasteiger partial charge in [0.15, 0.2) is 0 Å². The van der Waals surface area contributed by atoms with E-state index < -0.39 is 33.4 Å². The number of non-ortho nitro benzene ring substituents is 1. The van der Waals surface area contributed by atoms with Crippen LogP contribution in [-0.2, 0) is 32.6 Å². The molecule has 1 atom stereocenters. The highest BCUT2D eigenvalue weighted by Gasteiger charge is 2.34. The molecule has 43 heavy (non-hydrogen) atoms. The van der Waals surface area contributed by atoms with Crippen LogP contribution in [0.4, 0.5) is 11.4 Å². The lowest BCUT2D eigenvalue weighted by Crippen LogP contribution is -2.55. The van der Waals surface area contributed by atoms with Crippen LogP contribution >= 0.6 is 0 Å². The van der Waals surface area contributed by atoms with Crippen molar-refractivity contribution in [3.8, 4) is 0 Å². The molecule has 0 unspecified atom stereocenters. The van der Waals surface area contributed by atoms with Gasteiger partial charge in [-0.1, -0.05) is 85.5 Å². The van der Waals surface area contributed by atoms with Gasteiger partial charge in [0.05, 0.1) is 16.9 Å². The van der Waals surface area contributed by atoms with Crippen LogP contribution in [0.15, 0.2) is 78.9 Å². The van der Waals surface area contributed by atoms with Crippen LogP contribution in [0.1, 0.15) is 48.8 Å². The van der Waals surface area contributed by atoms with E-state index in [4.69, 9.17) is 0 Å². The third-order valence-electron chi connectivity index (χ3n) is 7.67. The van der Waals surface area contributed by atoms with Crippen LogP contribution in [0, 0.1) is 17.0 Å². The maximum atomic E-state index is 14.2. The van der Waals surface area contributed by atoms with Crippen molar-refractivity contribution in [3.05, 3.63) is 106 Å². The number of amides is 2. The Morgan fingerprint density at radius 3 is 2.28 bits per heavy atom. The normalized spacial score (nSPS) is 14.5. The van der Waals surface area contributed by atoms with Crippen molar-refractivity contribution in [1.82, 2.24) is 10.2 Å². The first-order chi connectivity index (χ1) is 20.5. The predicted octanol–water partition coefficient (Wildman–Crippen LogP) is 4.76. The van der Waals surface area contributed by atoms with Crippen molar-refractivity contribution in [2.45, 2.75) is 64.1 Å². The molecule has 0 aliphatic heterocycles. The van der Waals surface area contributed by atoms with Gasteiger partial charge in [-0.15, -0.1) is 0 Å². The molecule has 228 valence electrons. The van der Waals surface area contributed by atoms with Crippen LogP contribution in [-0.4, -0.2) is 54.9 Å². The summed E-state index contributed by atoms with van der Waals surface area (Å²) in [5.74, 6) is -0.892. The Labute approximate surface area is 252 Å². The van der Waals surface area contributed by atoms with E-state index in [1.54, 1.807) is 0 Å². The van der Waals surface area contributed by atoms with Crippen molar-refractivity contribution < 1.29 is 22.9 Å². The maximum absolute atomic E-state index is 14.2. The summed E-state index contributed by atoms with van der Waals surface area (Å²) in [5, 5.41) is 14.6. The Balaban J connectivity index is 1.73. The zero-order chi connectivity index (χ0) is 31.0. The average molecular weight is 607 g/mol. The van der Waals surface area contributed by atoms with Crippen LogP contribution < -0.4 is 9.62 Å². The molecule has 3 aromatic carbocycles. The first-order valence-electron chi connectivity index (χ1n) is 14.4. The van der Waals surface area contributed by atoms with E-state index in [-0.39, 0.29) is 36.3 Å². The highest BCUT2D eigenvalue weighted by molar-refractivity contribution is 7.92. The summed E-state index contributed by atoms with van der Waals surface area (Å²) in [7, 11) is -4.03. The van der Waals surface area contributed by atoms with Gasteiger partial charge in [0.2, 0.25) is 21.8 Å². The molecule has 10 nitrogen and oxygen atoms in total. The van der Waals surface area contributed by atoms with E-state index in [1.165, 1.54) is 23.1 Å². The molecule has 0 bridgehead atoms. The Morgan fingerprint density at radius 2 is 1.63 bits per heavy atom. The minimum Gasteiger partial charge on any atom is -0.352 e. The number of hydrogen-bond acceptors (Lipinski definition) is 6. The largest absolute Gasteiger partial charge is 0.352 e. The number of sulfonamides is 1. The van der Waals surface area contributed by atoms with E-state index >= 15 is 0 Å². The van der Waals surface area contributed by atoms with E-state index in [1.807, 2.05) is 61.5 Å². The van der Waals surface area contributed by atoms with Gasteiger partial charge < -0.3 is 10.2 Å². The molecule has 0 radical (unpaired) electrons. The second kappa shape index (κ2) is 14.3. The minimum absolute atomic E-state index is 0.00725. The first kappa shape index (κ1) is 31.7. The lowest BCUT2D eigenvalue weighted by atomic mass is 9.94. The summed E-state index contributed by atoms with van der Waals surface area (Å²) in [5.41, 5.74) is 2.31. The summed E-state index contributed by atoms with van der Waals surface area (Å²) < 4.78 is 26.7. The molecule has 11 heteroatoms. The topological polar surface area (TPSA) is 130 Å². The van der Waals surface area contributed by atoms with Crippen LogP contribution in [0.2, 0.25) is 0 Å². The summed E-state index contributed by atoms with van der Waals surface area (Å²) in [6.07, 6.45) is 6.07. The number of carbonyl (C=O) groups excluding carboxylic acids is 2. The van der Waals surface area contributed by atoms with E-state index in [2.05, 4.69) is 5.32 Å². The average Bonchev–Trinajstić information content (AvgIpc) is 2.98. The molecule has 1 N–H and O–H groups in total. The van der Waals surface area contributed by atoms with Gasteiger partial charge in [-0.25, -0.2) is 8.42 Å². The first-order valence-corrected chi connectivity index (χ1v) is 16.3.